The normalized spacial score (nSPS) is 15.3. The first-order valence-electron chi connectivity index (χ1n) is 5.97. The molecular formula is C14H13ClO3S. The first-order valence-corrected chi connectivity index (χ1v) is 7.23. The predicted molar refractivity (Wildman–Crippen MR) is 75.6 cm³/mol. The van der Waals surface area contributed by atoms with Gasteiger partial charge in [-0.05, 0) is 41.6 Å². The first kappa shape index (κ1) is 12.8. The molecule has 2 aromatic rings. The summed E-state index contributed by atoms with van der Waals surface area (Å²) in [4.78, 5) is 1.16. The molecule has 100 valence electrons. The van der Waals surface area contributed by atoms with Crippen LogP contribution >= 0.6 is 22.9 Å². The van der Waals surface area contributed by atoms with Crippen molar-refractivity contribution >= 4 is 22.9 Å². The number of halogens is 1. The molecule has 0 saturated heterocycles. The molecule has 1 N–H and O–H groups in total. The molecule has 19 heavy (non-hydrogen) atoms. The lowest BCUT2D eigenvalue weighted by atomic mass is 10.0. The van der Waals surface area contributed by atoms with Crippen LogP contribution in [0.1, 0.15) is 22.1 Å². The minimum absolute atomic E-state index is 0.471. The molecular weight excluding hydrogens is 284 g/mol. The molecule has 1 unspecified atom stereocenters. The molecule has 0 amide bonds. The highest BCUT2D eigenvalue weighted by Gasteiger charge is 2.20. The van der Waals surface area contributed by atoms with E-state index in [2.05, 4.69) is 0 Å². The smallest absolute Gasteiger partial charge is 0.179 e. The minimum Gasteiger partial charge on any atom is -0.486 e. The highest BCUT2D eigenvalue weighted by Crippen LogP contribution is 2.40. The average molecular weight is 297 g/mol. The van der Waals surface area contributed by atoms with Gasteiger partial charge in [0, 0.05) is 4.88 Å². The molecule has 3 rings (SSSR count). The van der Waals surface area contributed by atoms with E-state index in [0.29, 0.717) is 35.3 Å². The van der Waals surface area contributed by atoms with Gasteiger partial charge in [0.05, 0.1) is 5.02 Å². The summed E-state index contributed by atoms with van der Waals surface area (Å²) in [6.07, 6.45) is -0.696. The van der Waals surface area contributed by atoms with E-state index >= 15 is 0 Å². The van der Waals surface area contributed by atoms with Crippen molar-refractivity contribution in [3.05, 3.63) is 44.6 Å². The number of aliphatic hydroxyl groups excluding tert-OH is 1. The van der Waals surface area contributed by atoms with Crippen LogP contribution in [0.15, 0.2) is 23.6 Å². The molecule has 1 aromatic heterocycles. The van der Waals surface area contributed by atoms with Crippen molar-refractivity contribution in [2.75, 3.05) is 13.2 Å². The zero-order chi connectivity index (χ0) is 13.4. The topological polar surface area (TPSA) is 38.7 Å². The lowest BCUT2D eigenvalue weighted by Crippen LogP contribution is -2.16. The zero-order valence-corrected chi connectivity index (χ0v) is 11.9. The number of ether oxygens (including phenoxy) is 2. The van der Waals surface area contributed by atoms with Crippen LogP contribution in [0.2, 0.25) is 5.02 Å². The van der Waals surface area contributed by atoms with Crippen LogP contribution in [0, 0.1) is 6.92 Å². The van der Waals surface area contributed by atoms with Crippen LogP contribution in [0.3, 0.4) is 0 Å². The molecule has 0 fully saturated rings. The van der Waals surface area contributed by atoms with Crippen molar-refractivity contribution in [3.63, 3.8) is 0 Å². The number of aliphatic hydroxyl groups is 1. The number of thiophene rings is 1. The maximum absolute atomic E-state index is 10.4. The van der Waals surface area contributed by atoms with Crippen molar-refractivity contribution in [3.8, 4) is 11.5 Å². The minimum atomic E-state index is -0.696. The second kappa shape index (κ2) is 5.04. The Hall–Kier alpha value is -1.23. The third kappa shape index (κ3) is 2.43. The number of hydrogen-bond donors (Lipinski definition) is 1. The van der Waals surface area contributed by atoms with Crippen molar-refractivity contribution in [2.24, 2.45) is 0 Å². The lowest BCUT2D eigenvalue weighted by molar-refractivity contribution is 0.170. The number of aryl methyl sites for hydroxylation is 1. The summed E-state index contributed by atoms with van der Waals surface area (Å²) < 4.78 is 11.0. The molecule has 0 aliphatic carbocycles. The molecule has 0 radical (unpaired) electrons. The average Bonchev–Trinajstić information content (AvgIpc) is 2.84. The van der Waals surface area contributed by atoms with Gasteiger partial charge in [-0.3, -0.25) is 0 Å². The maximum Gasteiger partial charge on any atom is 0.179 e. The van der Waals surface area contributed by atoms with E-state index in [1.54, 1.807) is 23.5 Å². The van der Waals surface area contributed by atoms with Gasteiger partial charge in [-0.1, -0.05) is 11.6 Å². The van der Waals surface area contributed by atoms with Crippen LogP contribution < -0.4 is 9.47 Å². The fraction of sp³-hybridized carbons (Fsp3) is 0.286. The summed E-state index contributed by atoms with van der Waals surface area (Å²) in [5, 5.41) is 12.8. The van der Waals surface area contributed by atoms with Gasteiger partial charge in [0.2, 0.25) is 0 Å². The van der Waals surface area contributed by atoms with Crippen molar-refractivity contribution in [2.45, 2.75) is 13.0 Å². The van der Waals surface area contributed by atoms with Gasteiger partial charge in [0.1, 0.15) is 19.3 Å². The Morgan fingerprint density at radius 2 is 2.00 bits per heavy atom. The Balaban J connectivity index is 1.99. The first-order chi connectivity index (χ1) is 9.15. The summed E-state index contributed by atoms with van der Waals surface area (Å²) in [7, 11) is 0. The van der Waals surface area contributed by atoms with Gasteiger partial charge in [-0.2, -0.15) is 0 Å². The van der Waals surface area contributed by atoms with Crippen LogP contribution in [-0.4, -0.2) is 18.3 Å². The molecule has 5 heteroatoms. The summed E-state index contributed by atoms with van der Waals surface area (Å²) in [5.41, 5.74) is 1.59. The van der Waals surface area contributed by atoms with Gasteiger partial charge in [0.25, 0.3) is 0 Å². The standard InChI is InChI=1S/C14H13ClO3S/c1-8-4-10(7-19-8)13(16)9-5-11(15)14-12(6-9)17-2-3-18-14/h4-7,13,16H,2-3H2,1H3. The second-order valence-electron chi connectivity index (χ2n) is 4.42. The van der Waals surface area contributed by atoms with Crippen molar-refractivity contribution in [1.82, 2.24) is 0 Å². The van der Waals surface area contributed by atoms with Gasteiger partial charge in [0.15, 0.2) is 11.5 Å². The third-order valence-electron chi connectivity index (χ3n) is 3.00. The zero-order valence-electron chi connectivity index (χ0n) is 10.4. The molecule has 2 heterocycles. The van der Waals surface area contributed by atoms with E-state index in [4.69, 9.17) is 21.1 Å². The van der Waals surface area contributed by atoms with Crippen LogP contribution in [0.25, 0.3) is 0 Å². The van der Waals surface area contributed by atoms with Crippen molar-refractivity contribution in [1.29, 1.82) is 0 Å². The van der Waals surface area contributed by atoms with Crippen LogP contribution in [0.4, 0.5) is 0 Å². The molecule has 0 saturated carbocycles. The Labute approximate surface area is 120 Å². The molecule has 3 nitrogen and oxygen atoms in total. The highest BCUT2D eigenvalue weighted by atomic mass is 35.5. The Bertz CT molecular complexity index is 609. The van der Waals surface area contributed by atoms with Gasteiger partial charge < -0.3 is 14.6 Å². The predicted octanol–water partition coefficient (Wildman–Crippen LogP) is 3.56. The molecule has 0 spiro atoms. The summed E-state index contributed by atoms with van der Waals surface area (Å²) in [5.74, 6) is 1.16. The summed E-state index contributed by atoms with van der Waals surface area (Å²) >= 11 is 7.78. The Morgan fingerprint density at radius 1 is 1.21 bits per heavy atom. The molecule has 1 aliphatic heterocycles. The van der Waals surface area contributed by atoms with Gasteiger partial charge in [-0.15, -0.1) is 11.3 Å². The molecule has 1 aromatic carbocycles. The fourth-order valence-electron chi connectivity index (χ4n) is 2.09. The van der Waals surface area contributed by atoms with Crippen LogP contribution in [-0.2, 0) is 0 Å². The van der Waals surface area contributed by atoms with E-state index in [9.17, 15) is 5.11 Å². The van der Waals surface area contributed by atoms with E-state index in [-0.39, 0.29) is 0 Å². The summed E-state index contributed by atoms with van der Waals surface area (Å²) in [6.45, 7) is 3.01. The summed E-state index contributed by atoms with van der Waals surface area (Å²) in [6, 6.07) is 5.49. The number of hydrogen-bond acceptors (Lipinski definition) is 4. The monoisotopic (exact) mass is 296 g/mol. The highest BCUT2D eigenvalue weighted by molar-refractivity contribution is 7.10. The molecule has 1 atom stereocenters. The molecule has 0 bridgehead atoms. The number of fused-ring (bicyclic) bond motifs is 1. The van der Waals surface area contributed by atoms with E-state index in [1.165, 1.54) is 0 Å². The Kier molecular flexibility index (Phi) is 3.39. The largest absolute Gasteiger partial charge is 0.486 e. The van der Waals surface area contributed by atoms with E-state index < -0.39 is 6.10 Å². The van der Waals surface area contributed by atoms with Gasteiger partial charge in [-0.25, -0.2) is 0 Å². The fourth-order valence-corrected chi connectivity index (χ4v) is 3.08. The maximum atomic E-state index is 10.4. The third-order valence-corrected chi connectivity index (χ3v) is 4.16. The quantitative estimate of drug-likeness (QED) is 0.921. The Morgan fingerprint density at radius 3 is 2.74 bits per heavy atom. The van der Waals surface area contributed by atoms with E-state index in [1.807, 2.05) is 18.4 Å². The lowest BCUT2D eigenvalue weighted by Gasteiger charge is -2.21. The number of benzene rings is 1. The molecule has 1 aliphatic rings. The van der Waals surface area contributed by atoms with E-state index in [0.717, 1.165) is 10.4 Å². The van der Waals surface area contributed by atoms with Crippen molar-refractivity contribution < 1.29 is 14.6 Å². The van der Waals surface area contributed by atoms with Gasteiger partial charge >= 0.3 is 0 Å². The SMILES string of the molecule is Cc1cc(C(O)c2cc(Cl)c3c(c2)OCCO3)cs1. The number of rotatable bonds is 2. The van der Waals surface area contributed by atoms with Crippen LogP contribution in [0.5, 0.6) is 11.5 Å². The second-order valence-corrected chi connectivity index (χ2v) is 5.94.